The third kappa shape index (κ3) is 6.07. The molecule has 1 heterocycles. The van der Waals surface area contributed by atoms with E-state index in [9.17, 15) is 9.59 Å². The van der Waals surface area contributed by atoms with E-state index in [0.717, 1.165) is 10.5 Å². The Labute approximate surface area is 192 Å². The van der Waals surface area contributed by atoms with Crippen LogP contribution in [0.3, 0.4) is 0 Å². The Morgan fingerprint density at radius 1 is 1.03 bits per heavy atom. The predicted octanol–water partition coefficient (Wildman–Crippen LogP) is 4.34. The number of nitrogens with zero attached hydrogens (tertiary/aromatic N) is 2. The molecular formula is C24H26N4O3S. The fourth-order valence-electron chi connectivity index (χ4n) is 3.00. The number of hydrogen-bond donors (Lipinski definition) is 2. The molecule has 0 bridgehead atoms. The summed E-state index contributed by atoms with van der Waals surface area (Å²) in [6.45, 7) is 5.71. The summed E-state index contributed by atoms with van der Waals surface area (Å²) in [7, 11) is 1.57. The maximum absolute atomic E-state index is 13.0. The molecule has 0 fully saturated rings. The van der Waals surface area contributed by atoms with Crippen molar-refractivity contribution in [3.63, 3.8) is 0 Å². The van der Waals surface area contributed by atoms with Gasteiger partial charge in [-0.25, -0.2) is 9.97 Å². The summed E-state index contributed by atoms with van der Waals surface area (Å²) in [5.41, 5.74) is 2.06. The van der Waals surface area contributed by atoms with Crippen LogP contribution >= 0.6 is 11.8 Å². The largest absolute Gasteiger partial charge is 0.497 e. The lowest BCUT2D eigenvalue weighted by atomic mass is 10.0. The number of amides is 2. The van der Waals surface area contributed by atoms with Crippen LogP contribution in [0, 0.1) is 12.8 Å². The van der Waals surface area contributed by atoms with Crippen LogP contribution in [0.4, 0.5) is 5.69 Å². The van der Waals surface area contributed by atoms with E-state index in [4.69, 9.17) is 4.74 Å². The summed E-state index contributed by atoms with van der Waals surface area (Å²) >= 11 is 1.45. The summed E-state index contributed by atoms with van der Waals surface area (Å²) in [5.74, 6) is -0.0113. The standard InChI is InChI=1S/C24H26N4O3S/c1-15(2)21(28-22(29)17-6-8-18(31-4)9-7-17)23(30)27-20-11-10-19(14-16(20)3)32-24-25-12-5-13-26-24/h5-15,21H,1-4H3,(H,27,30)(H,28,29). The van der Waals surface area contributed by atoms with Crippen LogP contribution < -0.4 is 15.4 Å². The number of carbonyl (C=O) groups is 2. The molecule has 0 radical (unpaired) electrons. The molecule has 2 N–H and O–H groups in total. The second-order valence-corrected chi connectivity index (χ2v) is 8.56. The first-order valence-corrected chi connectivity index (χ1v) is 11.0. The fraction of sp³-hybridized carbons (Fsp3) is 0.250. The maximum atomic E-state index is 13.0. The number of hydrogen-bond acceptors (Lipinski definition) is 6. The minimum absolute atomic E-state index is 0.0948. The first-order chi connectivity index (χ1) is 15.4. The number of aryl methyl sites for hydroxylation is 1. The third-order valence-electron chi connectivity index (χ3n) is 4.79. The number of ether oxygens (including phenoxy) is 1. The first-order valence-electron chi connectivity index (χ1n) is 10.2. The van der Waals surface area contributed by atoms with Gasteiger partial charge in [0, 0.05) is 28.5 Å². The SMILES string of the molecule is COc1ccc(C(=O)NC(C(=O)Nc2ccc(Sc3ncccn3)cc2C)C(C)C)cc1. The van der Waals surface area contributed by atoms with E-state index >= 15 is 0 Å². The van der Waals surface area contributed by atoms with Crippen molar-refractivity contribution in [3.8, 4) is 5.75 Å². The highest BCUT2D eigenvalue weighted by Gasteiger charge is 2.25. The molecular weight excluding hydrogens is 424 g/mol. The average molecular weight is 451 g/mol. The van der Waals surface area contributed by atoms with Crippen LogP contribution in [0.2, 0.25) is 0 Å². The zero-order chi connectivity index (χ0) is 23.1. The molecule has 1 atom stereocenters. The van der Waals surface area contributed by atoms with E-state index in [1.54, 1.807) is 49.8 Å². The Morgan fingerprint density at radius 2 is 1.72 bits per heavy atom. The Balaban J connectivity index is 1.68. The van der Waals surface area contributed by atoms with E-state index in [0.29, 0.717) is 22.2 Å². The molecule has 32 heavy (non-hydrogen) atoms. The highest BCUT2D eigenvalue weighted by molar-refractivity contribution is 7.99. The van der Waals surface area contributed by atoms with E-state index in [-0.39, 0.29) is 17.7 Å². The van der Waals surface area contributed by atoms with Gasteiger partial charge >= 0.3 is 0 Å². The molecule has 2 aromatic carbocycles. The molecule has 3 rings (SSSR count). The van der Waals surface area contributed by atoms with Crippen LogP contribution in [0.1, 0.15) is 29.8 Å². The van der Waals surface area contributed by atoms with Gasteiger partial charge in [-0.2, -0.15) is 0 Å². The average Bonchev–Trinajstić information content (AvgIpc) is 2.79. The topological polar surface area (TPSA) is 93.2 Å². The van der Waals surface area contributed by atoms with Crippen molar-refractivity contribution in [2.24, 2.45) is 5.92 Å². The Morgan fingerprint density at radius 3 is 2.31 bits per heavy atom. The van der Waals surface area contributed by atoms with Crippen molar-refractivity contribution in [3.05, 3.63) is 72.1 Å². The van der Waals surface area contributed by atoms with Gasteiger partial charge in [-0.3, -0.25) is 9.59 Å². The lowest BCUT2D eigenvalue weighted by Crippen LogP contribution is -2.47. The molecule has 7 nitrogen and oxygen atoms in total. The molecule has 0 saturated carbocycles. The molecule has 1 unspecified atom stereocenters. The molecule has 0 aliphatic carbocycles. The van der Waals surface area contributed by atoms with Gasteiger partial charge in [0.15, 0.2) is 5.16 Å². The number of methoxy groups -OCH3 is 1. The summed E-state index contributed by atoms with van der Waals surface area (Å²) in [6, 6.07) is 13.6. The van der Waals surface area contributed by atoms with Gasteiger partial charge in [-0.1, -0.05) is 13.8 Å². The molecule has 0 aliphatic rings. The number of nitrogens with one attached hydrogen (secondary N) is 2. The van der Waals surface area contributed by atoms with E-state index in [1.165, 1.54) is 11.8 Å². The lowest BCUT2D eigenvalue weighted by molar-refractivity contribution is -0.118. The molecule has 0 saturated heterocycles. The van der Waals surface area contributed by atoms with Gasteiger partial charge in [-0.05, 0) is 78.7 Å². The van der Waals surface area contributed by atoms with Crippen molar-refractivity contribution < 1.29 is 14.3 Å². The number of rotatable bonds is 8. The van der Waals surface area contributed by atoms with Crippen molar-refractivity contribution in [2.45, 2.75) is 36.9 Å². The quantitative estimate of drug-likeness (QED) is 0.496. The Bertz CT molecular complexity index is 1070. The van der Waals surface area contributed by atoms with Crippen LogP contribution in [0.15, 0.2) is 71.0 Å². The number of aromatic nitrogens is 2. The van der Waals surface area contributed by atoms with E-state index in [2.05, 4.69) is 20.6 Å². The maximum Gasteiger partial charge on any atom is 0.251 e. The molecule has 0 aliphatic heterocycles. The van der Waals surface area contributed by atoms with Crippen LogP contribution in [0.5, 0.6) is 5.75 Å². The lowest BCUT2D eigenvalue weighted by Gasteiger charge is -2.22. The summed E-state index contributed by atoms with van der Waals surface area (Å²) in [5, 5.41) is 6.44. The minimum atomic E-state index is -0.684. The zero-order valence-electron chi connectivity index (χ0n) is 18.5. The van der Waals surface area contributed by atoms with Gasteiger partial charge in [0.05, 0.1) is 7.11 Å². The number of benzene rings is 2. The molecule has 0 spiro atoms. The van der Waals surface area contributed by atoms with Crippen molar-refractivity contribution >= 4 is 29.3 Å². The van der Waals surface area contributed by atoms with Gasteiger partial charge in [0.2, 0.25) is 5.91 Å². The normalized spacial score (nSPS) is 11.7. The summed E-state index contributed by atoms with van der Waals surface area (Å²) in [4.78, 5) is 35.0. The van der Waals surface area contributed by atoms with Crippen LogP contribution in [-0.4, -0.2) is 34.9 Å². The zero-order valence-corrected chi connectivity index (χ0v) is 19.3. The van der Waals surface area contributed by atoms with Gasteiger partial charge < -0.3 is 15.4 Å². The fourth-order valence-corrected chi connectivity index (χ4v) is 3.81. The second kappa shape index (κ2) is 10.8. The van der Waals surface area contributed by atoms with Crippen LogP contribution in [-0.2, 0) is 4.79 Å². The van der Waals surface area contributed by atoms with Crippen molar-refractivity contribution in [1.29, 1.82) is 0 Å². The molecule has 2 amide bonds. The molecule has 3 aromatic rings. The van der Waals surface area contributed by atoms with E-state index < -0.39 is 6.04 Å². The van der Waals surface area contributed by atoms with Gasteiger partial charge in [0.1, 0.15) is 11.8 Å². The Kier molecular flexibility index (Phi) is 7.83. The monoisotopic (exact) mass is 450 g/mol. The van der Waals surface area contributed by atoms with Gasteiger partial charge in [-0.15, -0.1) is 0 Å². The minimum Gasteiger partial charge on any atom is -0.497 e. The summed E-state index contributed by atoms with van der Waals surface area (Å²) < 4.78 is 5.12. The number of anilines is 1. The highest BCUT2D eigenvalue weighted by atomic mass is 32.2. The molecule has 166 valence electrons. The van der Waals surface area contributed by atoms with Crippen LogP contribution in [0.25, 0.3) is 0 Å². The smallest absolute Gasteiger partial charge is 0.251 e. The molecule has 8 heteroatoms. The Hall–Kier alpha value is -3.39. The van der Waals surface area contributed by atoms with E-state index in [1.807, 2.05) is 39.0 Å². The highest BCUT2D eigenvalue weighted by Crippen LogP contribution is 2.28. The van der Waals surface area contributed by atoms with Gasteiger partial charge in [0.25, 0.3) is 5.91 Å². The first kappa shape index (κ1) is 23.3. The second-order valence-electron chi connectivity index (χ2n) is 7.52. The third-order valence-corrected chi connectivity index (χ3v) is 5.68. The summed E-state index contributed by atoms with van der Waals surface area (Å²) in [6.07, 6.45) is 3.39. The number of carbonyl (C=O) groups excluding carboxylic acids is 2. The molecule has 1 aromatic heterocycles. The van der Waals surface area contributed by atoms with Crippen molar-refractivity contribution in [1.82, 2.24) is 15.3 Å². The predicted molar refractivity (Wildman–Crippen MR) is 125 cm³/mol. The van der Waals surface area contributed by atoms with Crippen molar-refractivity contribution in [2.75, 3.05) is 12.4 Å².